The minimum Gasteiger partial charge on any atom is -0.484 e. The molecule has 0 saturated carbocycles. The normalized spacial score (nSPS) is 11.0. The van der Waals surface area contributed by atoms with Crippen molar-refractivity contribution in [3.05, 3.63) is 64.7 Å². The van der Waals surface area contributed by atoms with Crippen LogP contribution in [0.5, 0.6) is 5.75 Å². The van der Waals surface area contributed by atoms with E-state index in [1.165, 1.54) is 12.1 Å². The van der Waals surface area contributed by atoms with Gasteiger partial charge in [0.15, 0.2) is 6.61 Å². The van der Waals surface area contributed by atoms with Gasteiger partial charge in [0.25, 0.3) is 5.91 Å². The molecule has 0 aliphatic rings. The summed E-state index contributed by atoms with van der Waals surface area (Å²) in [5.74, 6) is -0.590. The molecule has 0 unspecified atom stereocenters. The number of nitrogens with one attached hydrogen (secondary N) is 2. The Balaban J connectivity index is 1.76. The summed E-state index contributed by atoms with van der Waals surface area (Å²) < 4.78 is 42.8. The lowest BCUT2D eigenvalue weighted by Crippen LogP contribution is -2.44. The molecule has 27 heavy (non-hydrogen) atoms. The van der Waals surface area contributed by atoms with Crippen molar-refractivity contribution in [3.8, 4) is 5.75 Å². The molecule has 2 amide bonds. The Hall–Kier alpha value is -3.03. The molecule has 2 rings (SSSR count). The van der Waals surface area contributed by atoms with E-state index < -0.39 is 23.6 Å². The maximum atomic E-state index is 12.5. The van der Waals surface area contributed by atoms with E-state index in [4.69, 9.17) is 4.74 Å². The Morgan fingerprint density at radius 2 is 1.56 bits per heavy atom. The van der Waals surface area contributed by atoms with Gasteiger partial charge in [0, 0.05) is 0 Å². The molecule has 0 atom stereocenters. The van der Waals surface area contributed by atoms with E-state index in [2.05, 4.69) is 10.9 Å². The number of carbonyl (C=O) groups excluding carboxylic acids is 2. The molecule has 0 radical (unpaired) electrons. The summed E-state index contributed by atoms with van der Waals surface area (Å²) in [6, 6.07) is 9.64. The molecule has 2 N–H and O–H groups in total. The van der Waals surface area contributed by atoms with Crippen LogP contribution in [0.1, 0.15) is 22.3 Å². The van der Waals surface area contributed by atoms with Crippen LogP contribution in [0.25, 0.3) is 0 Å². The Labute approximate surface area is 154 Å². The first-order valence-corrected chi connectivity index (χ1v) is 8.09. The van der Waals surface area contributed by atoms with E-state index >= 15 is 0 Å². The number of carbonyl (C=O) groups is 2. The van der Waals surface area contributed by atoms with Crippen LogP contribution >= 0.6 is 0 Å². The maximum absolute atomic E-state index is 12.5. The van der Waals surface area contributed by atoms with E-state index in [-0.39, 0.29) is 13.0 Å². The van der Waals surface area contributed by atoms with Crippen LogP contribution in [0.2, 0.25) is 0 Å². The topological polar surface area (TPSA) is 67.4 Å². The van der Waals surface area contributed by atoms with Gasteiger partial charge in [-0.2, -0.15) is 13.2 Å². The van der Waals surface area contributed by atoms with Gasteiger partial charge in [-0.1, -0.05) is 18.2 Å². The molecule has 0 heterocycles. The molecule has 2 aromatic carbocycles. The summed E-state index contributed by atoms with van der Waals surface area (Å²) in [6.45, 7) is 3.59. The number of hydrogen-bond acceptors (Lipinski definition) is 3. The summed E-state index contributed by atoms with van der Waals surface area (Å²) in [5.41, 5.74) is 6.11. The van der Waals surface area contributed by atoms with Gasteiger partial charge in [0.2, 0.25) is 5.91 Å². The minimum absolute atomic E-state index is 0.170. The summed E-state index contributed by atoms with van der Waals surface area (Å²) in [5, 5.41) is 0. The van der Waals surface area contributed by atoms with E-state index in [0.29, 0.717) is 11.3 Å². The molecule has 144 valence electrons. The molecule has 5 nitrogen and oxygen atoms in total. The van der Waals surface area contributed by atoms with E-state index in [1.807, 2.05) is 19.9 Å². The Morgan fingerprint density at radius 3 is 2.15 bits per heavy atom. The molecular formula is C19H19F3N2O3. The highest BCUT2D eigenvalue weighted by atomic mass is 19.4. The van der Waals surface area contributed by atoms with Crippen LogP contribution in [0, 0.1) is 13.8 Å². The SMILES string of the molecule is Cc1ccc(OCC(=O)NNC(=O)Cc2ccc(C(F)(F)F)cc2)cc1C. The summed E-state index contributed by atoms with van der Waals surface area (Å²) in [7, 11) is 0. The van der Waals surface area contributed by atoms with Crippen LogP contribution in [-0.2, 0) is 22.2 Å². The van der Waals surface area contributed by atoms with Crippen LogP contribution in [0.4, 0.5) is 13.2 Å². The number of benzene rings is 2. The van der Waals surface area contributed by atoms with Gasteiger partial charge in [-0.3, -0.25) is 20.4 Å². The van der Waals surface area contributed by atoms with Crippen molar-refractivity contribution < 1.29 is 27.5 Å². The highest BCUT2D eigenvalue weighted by Crippen LogP contribution is 2.29. The number of aryl methyl sites for hydroxylation is 2. The largest absolute Gasteiger partial charge is 0.484 e. The van der Waals surface area contributed by atoms with Crippen molar-refractivity contribution >= 4 is 11.8 Å². The number of hydrogen-bond donors (Lipinski definition) is 2. The van der Waals surface area contributed by atoms with Crippen LogP contribution in [0.3, 0.4) is 0 Å². The van der Waals surface area contributed by atoms with E-state index in [1.54, 1.807) is 12.1 Å². The van der Waals surface area contributed by atoms with Crippen molar-refractivity contribution in [3.63, 3.8) is 0 Å². The maximum Gasteiger partial charge on any atom is 0.416 e. The fourth-order valence-corrected chi connectivity index (χ4v) is 2.17. The smallest absolute Gasteiger partial charge is 0.416 e. The van der Waals surface area contributed by atoms with Gasteiger partial charge in [-0.15, -0.1) is 0 Å². The molecule has 0 aliphatic carbocycles. The number of ether oxygens (including phenoxy) is 1. The molecule has 0 bridgehead atoms. The Bertz CT molecular complexity index is 818. The average molecular weight is 380 g/mol. The third-order valence-electron chi connectivity index (χ3n) is 3.84. The van der Waals surface area contributed by atoms with Crippen LogP contribution in [0.15, 0.2) is 42.5 Å². The zero-order chi connectivity index (χ0) is 20.0. The molecule has 8 heteroatoms. The standard InChI is InChI=1S/C19H19F3N2O3/c1-12-3-8-16(9-13(12)2)27-11-18(26)24-23-17(25)10-14-4-6-15(7-5-14)19(20,21)22/h3-9H,10-11H2,1-2H3,(H,23,25)(H,24,26). The molecular weight excluding hydrogens is 361 g/mol. The van der Waals surface area contributed by atoms with Gasteiger partial charge >= 0.3 is 6.18 Å². The number of amides is 2. The van der Waals surface area contributed by atoms with Crippen molar-refractivity contribution in [2.45, 2.75) is 26.4 Å². The molecule has 0 aliphatic heterocycles. The monoisotopic (exact) mass is 380 g/mol. The van der Waals surface area contributed by atoms with Crippen LogP contribution < -0.4 is 15.6 Å². The highest BCUT2D eigenvalue weighted by Gasteiger charge is 2.29. The summed E-state index contributed by atoms with van der Waals surface area (Å²) in [6.07, 6.45) is -4.60. The van der Waals surface area contributed by atoms with Gasteiger partial charge in [0.1, 0.15) is 5.75 Å². The molecule has 0 aromatic heterocycles. The number of rotatable bonds is 5. The number of halogens is 3. The minimum atomic E-state index is -4.43. The molecule has 2 aromatic rings. The number of hydrazine groups is 1. The van der Waals surface area contributed by atoms with Crippen LogP contribution in [-0.4, -0.2) is 18.4 Å². The van der Waals surface area contributed by atoms with Gasteiger partial charge in [0.05, 0.1) is 12.0 Å². The second-order valence-electron chi connectivity index (χ2n) is 6.00. The third-order valence-corrected chi connectivity index (χ3v) is 3.84. The van der Waals surface area contributed by atoms with Crippen molar-refractivity contribution in [1.82, 2.24) is 10.9 Å². The zero-order valence-electron chi connectivity index (χ0n) is 14.8. The number of alkyl halides is 3. The van der Waals surface area contributed by atoms with Gasteiger partial charge in [-0.25, -0.2) is 0 Å². The van der Waals surface area contributed by atoms with E-state index in [9.17, 15) is 22.8 Å². The average Bonchev–Trinajstić information content (AvgIpc) is 2.60. The van der Waals surface area contributed by atoms with Crippen molar-refractivity contribution in [2.24, 2.45) is 0 Å². The quantitative estimate of drug-likeness (QED) is 0.784. The lowest BCUT2D eigenvalue weighted by molar-refractivity contribution is -0.137. The van der Waals surface area contributed by atoms with Gasteiger partial charge in [-0.05, 0) is 54.8 Å². The fourth-order valence-electron chi connectivity index (χ4n) is 2.17. The zero-order valence-corrected chi connectivity index (χ0v) is 14.8. The van der Waals surface area contributed by atoms with E-state index in [0.717, 1.165) is 23.3 Å². The van der Waals surface area contributed by atoms with Gasteiger partial charge < -0.3 is 4.74 Å². The first kappa shape index (κ1) is 20.3. The predicted molar refractivity (Wildman–Crippen MR) is 92.8 cm³/mol. The Morgan fingerprint density at radius 1 is 0.926 bits per heavy atom. The fraction of sp³-hybridized carbons (Fsp3) is 0.263. The second kappa shape index (κ2) is 8.57. The first-order valence-electron chi connectivity index (χ1n) is 8.09. The first-order chi connectivity index (χ1) is 12.6. The second-order valence-corrected chi connectivity index (χ2v) is 6.00. The molecule has 0 spiro atoms. The highest BCUT2D eigenvalue weighted by molar-refractivity contribution is 5.83. The lowest BCUT2D eigenvalue weighted by Gasteiger charge is -2.10. The van der Waals surface area contributed by atoms with Crippen molar-refractivity contribution in [2.75, 3.05) is 6.61 Å². The predicted octanol–water partition coefficient (Wildman–Crippen LogP) is 3.09. The molecule has 0 saturated heterocycles. The lowest BCUT2D eigenvalue weighted by atomic mass is 10.1. The summed E-state index contributed by atoms with van der Waals surface area (Å²) in [4.78, 5) is 23.5. The Kier molecular flexibility index (Phi) is 6.44. The summed E-state index contributed by atoms with van der Waals surface area (Å²) >= 11 is 0. The third kappa shape index (κ3) is 6.32. The molecule has 0 fully saturated rings. The van der Waals surface area contributed by atoms with Crippen molar-refractivity contribution in [1.29, 1.82) is 0 Å².